The molecule has 1 rings (SSSR count). The first kappa shape index (κ1) is 16.7. The smallest absolute Gasteiger partial charge is 0.134 e. The summed E-state index contributed by atoms with van der Waals surface area (Å²) < 4.78 is 0. The average molecular weight is 280 g/mol. The second-order valence-electron chi connectivity index (χ2n) is 5.37. The van der Waals surface area contributed by atoms with Gasteiger partial charge in [-0.25, -0.2) is 9.97 Å². The van der Waals surface area contributed by atoms with Crippen LogP contribution in [0.2, 0.25) is 0 Å². The molecule has 3 N–H and O–H groups in total. The Morgan fingerprint density at radius 1 is 1.15 bits per heavy atom. The standard InChI is InChI=1S/C15H28N4O/c1-6-8-16-14-12(5)15(19-13(7-2)18-14)17-10(3)9-11(4)20/h10-11,20H,6-9H2,1-5H3,(H2,16,17,18,19). The van der Waals surface area contributed by atoms with Crippen molar-refractivity contribution in [2.45, 2.75) is 66.0 Å². The zero-order chi connectivity index (χ0) is 15.1. The Labute approximate surface area is 122 Å². The van der Waals surface area contributed by atoms with Crippen LogP contribution < -0.4 is 10.6 Å². The van der Waals surface area contributed by atoms with E-state index in [0.717, 1.165) is 42.4 Å². The molecule has 20 heavy (non-hydrogen) atoms. The van der Waals surface area contributed by atoms with Crippen molar-refractivity contribution in [3.63, 3.8) is 0 Å². The topological polar surface area (TPSA) is 70.1 Å². The summed E-state index contributed by atoms with van der Waals surface area (Å²) in [6.07, 6.45) is 2.25. The molecule has 0 amide bonds. The third-order valence-electron chi connectivity index (χ3n) is 3.13. The van der Waals surface area contributed by atoms with Crippen LogP contribution in [0.4, 0.5) is 11.6 Å². The van der Waals surface area contributed by atoms with Gasteiger partial charge in [0, 0.05) is 24.6 Å². The largest absolute Gasteiger partial charge is 0.393 e. The lowest BCUT2D eigenvalue weighted by molar-refractivity contribution is 0.179. The van der Waals surface area contributed by atoms with E-state index in [2.05, 4.69) is 41.4 Å². The van der Waals surface area contributed by atoms with Gasteiger partial charge in [-0.3, -0.25) is 0 Å². The predicted octanol–water partition coefficient (Wildman–Crippen LogP) is 2.74. The predicted molar refractivity (Wildman–Crippen MR) is 84.3 cm³/mol. The third-order valence-corrected chi connectivity index (χ3v) is 3.13. The van der Waals surface area contributed by atoms with Gasteiger partial charge in [0.2, 0.25) is 0 Å². The lowest BCUT2D eigenvalue weighted by atomic mass is 10.1. The van der Waals surface area contributed by atoms with E-state index in [1.807, 2.05) is 6.92 Å². The van der Waals surface area contributed by atoms with Crippen LogP contribution in [0.15, 0.2) is 0 Å². The molecule has 0 saturated heterocycles. The molecule has 1 heterocycles. The third kappa shape index (κ3) is 4.96. The Balaban J connectivity index is 2.93. The number of aromatic nitrogens is 2. The molecule has 1 aromatic rings. The highest BCUT2D eigenvalue weighted by molar-refractivity contribution is 5.57. The number of rotatable bonds is 8. The van der Waals surface area contributed by atoms with Crippen molar-refractivity contribution in [2.24, 2.45) is 0 Å². The number of hydrogen-bond acceptors (Lipinski definition) is 5. The minimum atomic E-state index is -0.317. The second kappa shape index (κ2) is 8.04. The molecular formula is C15H28N4O. The van der Waals surface area contributed by atoms with Gasteiger partial charge in [-0.15, -0.1) is 0 Å². The molecule has 0 aliphatic carbocycles. The number of hydrogen-bond donors (Lipinski definition) is 3. The summed E-state index contributed by atoms with van der Waals surface area (Å²) in [6.45, 7) is 11.0. The van der Waals surface area contributed by atoms with Crippen LogP contribution in [-0.4, -0.2) is 33.8 Å². The fourth-order valence-corrected chi connectivity index (χ4v) is 2.08. The molecule has 0 aliphatic rings. The number of anilines is 2. The molecule has 0 bridgehead atoms. The minimum Gasteiger partial charge on any atom is -0.393 e. The van der Waals surface area contributed by atoms with Crippen molar-refractivity contribution in [1.29, 1.82) is 0 Å². The normalized spacial score (nSPS) is 13.9. The molecular weight excluding hydrogens is 252 g/mol. The number of aliphatic hydroxyl groups is 1. The Hall–Kier alpha value is -1.36. The zero-order valence-electron chi connectivity index (χ0n) is 13.3. The first-order valence-electron chi connectivity index (χ1n) is 7.53. The van der Waals surface area contributed by atoms with Gasteiger partial charge in [-0.05, 0) is 33.6 Å². The van der Waals surface area contributed by atoms with Crippen molar-refractivity contribution in [1.82, 2.24) is 9.97 Å². The number of nitrogens with zero attached hydrogens (tertiary/aromatic N) is 2. The van der Waals surface area contributed by atoms with Gasteiger partial charge in [-0.2, -0.15) is 0 Å². The highest BCUT2D eigenvalue weighted by Gasteiger charge is 2.13. The first-order valence-corrected chi connectivity index (χ1v) is 7.53. The highest BCUT2D eigenvalue weighted by atomic mass is 16.3. The van der Waals surface area contributed by atoms with Gasteiger partial charge in [0.05, 0.1) is 6.10 Å². The van der Waals surface area contributed by atoms with Crippen molar-refractivity contribution < 1.29 is 5.11 Å². The van der Waals surface area contributed by atoms with Crippen LogP contribution in [-0.2, 0) is 6.42 Å². The summed E-state index contributed by atoms with van der Waals surface area (Å²) in [5.74, 6) is 2.61. The molecule has 2 unspecified atom stereocenters. The Bertz CT molecular complexity index is 421. The minimum absolute atomic E-state index is 0.173. The van der Waals surface area contributed by atoms with E-state index in [1.165, 1.54) is 0 Å². The lowest BCUT2D eigenvalue weighted by Crippen LogP contribution is -2.22. The van der Waals surface area contributed by atoms with Crippen LogP contribution in [0.5, 0.6) is 0 Å². The Morgan fingerprint density at radius 3 is 2.35 bits per heavy atom. The average Bonchev–Trinajstić information content (AvgIpc) is 2.38. The molecule has 0 saturated carbocycles. The highest BCUT2D eigenvalue weighted by Crippen LogP contribution is 2.21. The summed E-state index contributed by atoms with van der Waals surface area (Å²) in [4.78, 5) is 9.11. The van der Waals surface area contributed by atoms with Crippen LogP contribution in [0, 0.1) is 6.92 Å². The van der Waals surface area contributed by atoms with E-state index in [4.69, 9.17) is 0 Å². The molecule has 0 aliphatic heterocycles. The molecule has 0 radical (unpaired) electrons. The molecule has 5 nitrogen and oxygen atoms in total. The van der Waals surface area contributed by atoms with Crippen molar-refractivity contribution in [3.05, 3.63) is 11.4 Å². The molecule has 0 spiro atoms. The number of aryl methyl sites for hydroxylation is 1. The van der Waals surface area contributed by atoms with E-state index >= 15 is 0 Å². The number of nitrogens with one attached hydrogen (secondary N) is 2. The fourth-order valence-electron chi connectivity index (χ4n) is 2.08. The van der Waals surface area contributed by atoms with Crippen LogP contribution in [0.25, 0.3) is 0 Å². The van der Waals surface area contributed by atoms with Crippen molar-refractivity contribution in [2.75, 3.05) is 17.2 Å². The summed E-state index contributed by atoms with van der Waals surface area (Å²) in [7, 11) is 0. The monoisotopic (exact) mass is 280 g/mol. The summed E-state index contributed by atoms with van der Waals surface area (Å²) >= 11 is 0. The van der Waals surface area contributed by atoms with Crippen molar-refractivity contribution in [3.8, 4) is 0 Å². The van der Waals surface area contributed by atoms with Gasteiger partial charge in [0.25, 0.3) is 0 Å². The van der Waals surface area contributed by atoms with Crippen LogP contribution in [0.3, 0.4) is 0 Å². The maximum atomic E-state index is 9.46. The van der Waals surface area contributed by atoms with Crippen LogP contribution >= 0.6 is 0 Å². The summed E-state index contributed by atoms with van der Waals surface area (Å²) in [5, 5.41) is 16.2. The molecule has 0 aromatic carbocycles. The van der Waals surface area contributed by atoms with Gasteiger partial charge in [0.1, 0.15) is 17.5 Å². The van der Waals surface area contributed by atoms with Crippen LogP contribution in [0.1, 0.15) is 51.9 Å². The van der Waals surface area contributed by atoms with E-state index in [-0.39, 0.29) is 12.1 Å². The van der Waals surface area contributed by atoms with E-state index in [1.54, 1.807) is 6.92 Å². The SMILES string of the molecule is CCCNc1nc(CC)nc(NC(C)CC(C)O)c1C. The molecule has 1 aromatic heterocycles. The molecule has 114 valence electrons. The maximum absolute atomic E-state index is 9.46. The van der Waals surface area contributed by atoms with Gasteiger partial charge >= 0.3 is 0 Å². The molecule has 5 heteroatoms. The van der Waals surface area contributed by atoms with Gasteiger partial charge < -0.3 is 15.7 Å². The Morgan fingerprint density at radius 2 is 1.80 bits per heavy atom. The molecule has 0 fully saturated rings. The second-order valence-corrected chi connectivity index (χ2v) is 5.37. The quantitative estimate of drug-likeness (QED) is 0.683. The fraction of sp³-hybridized carbons (Fsp3) is 0.733. The zero-order valence-corrected chi connectivity index (χ0v) is 13.3. The lowest BCUT2D eigenvalue weighted by Gasteiger charge is -2.19. The van der Waals surface area contributed by atoms with Gasteiger partial charge in [0.15, 0.2) is 0 Å². The van der Waals surface area contributed by atoms with E-state index < -0.39 is 0 Å². The summed E-state index contributed by atoms with van der Waals surface area (Å²) in [6, 6.07) is 0.173. The maximum Gasteiger partial charge on any atom is 0.134 e. The first-order chi connectivity index (χ1) is 9.47. The van der Waals surface area contributed by atoms with E-state index in [9.17, 15) is 5.11 Å². The van der Waals surface area contributed by atoms with Crippen molar-refractivity contribution >= 4 is 11.6 Å². The molecule has 2 atom stereocenters. The Kier molecular flexibility index (Phi) is 6.71. The number of aliphatic hydroxyl groups excluding tert-OH is 1. The van der Waals surface area contributed by atoms with E-state index in [0.29, 0.717) is 6.42 Å². The summed E-state index contributed by atoms with van der Waals surface area (Å²) in [5.41, 5.74) is 1.04. The van der Waals surface area contributed by atoms with Gasteiger partial charge in [-0.1, -0.05) is 13.8 Å².